The summed E-state index contributed by atoms with van der Waals surface area (Å²) in [5.74, 6) is 0. The van der Waals surface area contributed by atoms with Crippen molar-refractivity contribution >= 4 is 29.1 Å². The fourth-order valence-corrected chi connectivity index (χ4v) is 3.85. The predicted molar refractivity (Wildman–Crippen MR) is 125 cm³/mol. The van der Waals surface area contributed by atoms with Crippen LogP contribution < -0.4 is 15.5 Å². The second-order valence-electron chi connectivity index (χ2n) is 7.93. The lowest BCUT2D eigenvalue weighted by Crippen LogP contribution is -2.49. The molecule has 1 fully saturated rings. The van der Waals surface area contributed by atoms with Crippen LogP contribution in [0.4, 0.5) is 34.1 Å². The summed E-state index contributed by atoms with van der Waals surface area (Å²) in [4.78, 5) is 32.0. The SMILES string of the molecule is CCOC(=O)N1CCN(c2ccn3c(-c4cccc(NC(=O)NCC(F)(F)F)c4)cnc3c2)CC1. The molecule has 1 aliphatic heterocycles. The normalized spacial score (nSPS) is 14.2. The monoisotopic (exact) mass is 490 g/mol. The van der Waals surface area contributed by atoms with Crippen LogP contribution in [0.2, 0.25) is 0 Å². The molecular weight excluding hydrogens is 465 g/mol. The molecule has 35 heavy (non-hydrogen) atoms. The molecule has 1 aromatic carbocycles. The van der Waals surface area contributed by atoms with Crippen LogP contribution in [0.15, 0.2) is 48.8 Å². The molecule has 0 bridgehead atoms. The second kappa shape index (κ2) is 10.1. The Bertz CT molecular complexity index is 1200. The number of hydrogen-bond acceptors (Lipinski definition) is 5. The summed E-state index contributed by atoms with van der Waals surface area (Å²) in [7, 11) is 0. The smallest absolute Gasteiger partial charge is 0.409 e. The number of alkyl halides is 3. The first kappa shape index (κ1) is 24.2. The van der Waals surface area contributed by atoms with E-state index >= 15 is 0 Å². The zero-order valence-corrected chi connectivity index (χ0v) is 19.0. The number of fused-ring (bicyclic) bond motifs is 1. The van der Waals surface area contributed by atoms with E-state index in [9.17, 15) is 22.8 Å². The number of hydrogen-bond donors (Lipinski definition) is 2. The van der Waals surface area contributed by atoms with Gasteiger partial charge < -0.3 is 25.2 Å². The highest BCUT2D eigenvalue weighted by Crippen LogP contribution is 2.26. The Balaban J connectivity index is 1.45. The number of nitrogens with one attached hydrogen (secondary N) is 2. The third-order valence-corrected chi connectivity index (χ3v) is 5.53. The topological polar surface area (TPSA) is 91.2 Å². The summed E-state index contributed by atoms with van der Waals surface area (Å²) in [6.07, 6.45) is -1.19. The third-order valence-electron chi connectivity index (χ3n) is 5.53. The summed E-state index contributed by atoms with van der Waals surface area (Å²) in [6.45, 7) is 3.21. The zero-order valence-electron chi connectivity index (χ0n) is 19.0. The molecule has 3 amide bonds. The second-order valence-corrected chi connectivity index (χ2v) is 7.93. The van der Waals surface area contributed by atoms with E-state index in [1.165, 1.54) is 0 Å². The highest BCUT2D eigenvalue weighted by atomic mass is 19.4. The van der Waals surface area contributed by atoms with Gasteiger partial charge in [0.15, 0.2) is 0 Å². The van der Waals surface area contributed by atoms with E-state index in [1.54, 1.807) is 41.5 Å². The molecule has 186 valence electrons. The van der Waals surface area contributed by atoms with Crippen molar-refractivity contribution in [2.45, 2.75) is 13.1 Å². The van der Waals surface area contributed by atoms with Crippen LogP contribution in [0.25, 0.3) is 16.9 Å². The minimum atomic E-state index is -4.48. The molecule has 3 heterocycles. The van der Waals surface area contributed by atoms with Crippen LogP contribution in [0.1, 0.15) is 6.92 Å². The molecule has 1 aliphatic rings. The van der Waals surface area contributed by atoms with Crippen LogP contribution in [-0.4, -0.2) is 71.9 Å². The molecule has 0 radical (unpaired) electrons. The number of aromatic nitrogens is 2. The Hall–Kier alpha value is -3.96. The molecule has 4 rings (SSSR count). The number of rotatable bonds is 5. The van der Waals surface area contributed by atoms with Gasteiger partial charge in [-0.3, -0.25) is 4.40 Å². The van der Waals surface area contributed by atoms with Gasteiger partial charge >= 0.3 is 18.3 Å². The molecule has 12 heteroatoms. The Morgan fingerprint density at radius 3 is 2.60 bits per heavy atom. The van der Waals surface area contributed by atoms with Crippen molar-refractivity contribution in [2.75, 3.05) is 49.5 Å². The van der Waals surface area contributed by atoms with Crippen LogP contribution in [0.3, 0.4) is 0 Å². The number of piperazine rings is 1. The van der Waals surface area contributed by atoms with Gasteiger partial charge in [0.1, 0.15) is 12.2 Å². The van der Waals surface area contributed by atoms with Gasteiger partial charge in [0.2, 0.25) is 0 Å². The number of nitrogens with zero attached hydrogens (tertiary/aromatic N) is 4. The van der Waals surface area contributed by atoms with Gasteiger partial charge in [-0.15, -0.1) is 0 Å². The number of ether oxygens (including phenoxy) is 1. The van der Waals surface area contributed by atoms with E-state index in [-0.39, 0.29) is 6.09 Å². The van der Waals surface area contributed by atoms with E-state index in [0.29, 0.717) is 44.1 Å². The number of amides is 3. The van der Waals surface area contributed by atoms with E-state index in [1.807, 2.05) is 28.8 Å². The molecule has 0 saturated carbocycles. The van der Waals surface area contributed by atoms with Crippen LogP contribution in [-0.2, 0) is 4.74 Å². The number of halogens is 3. The Kier molecular flexibility index (Phi) is 6.99. The van der Waals surface area contributed by atoms with Crippen LogP contribution in [0.5, 0.6) is 0 Å². The fourth-order valence-electron chi connectivity index (χ4n) is 3.85. The molecule has 0 atom stereocenters. The van der Waals surface area contributed by atoms with Crippen molar-refractivity contribution in [1.29, 1.82) is 0 Å². The number of anilines is 2. The number of carbonyl (C=O) groups is 2. The van der Waals surface area contributed by atoms with Gasteiger partial charge in [-0.25, -0.2) is 14.6 Å². The van der Waals surface area contributed by atoms with Crippen molar-refractivity contribution in [3.63, 3.8) is 0 Å². The lowest BCUT2D eigenvalue weighted by Gasteiger charge is -2.35. The maximum Gasteiger partial charge on any atom is 0.409 e. The molecule has 9 nitrogen and oxygen atoms in total. The first-order valence-electron chi connectivity index (χ1n) is 11.1. The van der Waals surface area contributed by atoms with E-state index < -0.39 is 18.8 Å². The average molecular weight is 490 g/mol. The van der Waals surface area contributed by atoms with Gasteiger partial charge in [-0.2, -0.15) is 13.2 Å². The van der Waals surface area contributed by atoms with Gasteiger partial charge in [0.05, 0.1) is 18.5 Å². The van der Waals surface area contributed by atoms with Crippen molar-refractivity contribution in [3.8, 4) is 11.3 Å². The van der Waals surface area contributed by atoms with Crippen molar-refractivity contribution in [2.24, 2.45) is 0 Å². The summed E-state index contributed by atoms with van der Waals surface area (Å²) in [5.41, 5.74) is 3.55. The average Bonchev–Trinajstić information content (AvgIpc) is 3.26. The third kappa shape index (κ3) is 5.94. The summed E-state index contributed by atoms with van der Waals surface area (Å²) in [6, 6.07) is 9.76. The molecule has 3 aromatic rings. The summed E-state index contributed by atoms with van der Waals surface area (Å²) >= 11 is 0. The molecule has 1 saturated heterocycles. The fraction of sp³-hybridized carbons (Fsp3) is 0.348. The Morgan fingerprint density at radius 1 is 1.11 bits per heavy atom. The molecule has 0 unspecified atom stereocenters. The standard InChI is InChI=1S/C23H25F3N6O3/c1-2-35-22(34)31-10-8-30(9-11-31)18-6-7-32-19(14-27-20(32)13-18)16-4-3-5-17(12-16)29-21(33)28-15-23(24,25)26/h3-7,12-14H,2,8-11,15H2,1H3,(H2,28,29,33). The molecule has 0 aliphatic carbocycles. The van der Waals surface area contributed by atoms with Gasteiger partial charge in [0.25, 0.3) is 0 Å². The zero-order chi connectivity index (χ0) is 25.0. The predicted octanol–water partition coefficient (Wildman–Crippen LogP) is 3.96. The van der Waals surface area contributed by atoms with Crippen molar-refractivity contribution < 1.29 is 27.5 Å². The van der Waals surface area contributed by atoms with Gasteiger partial charge in [0, 0.05) is 55.4 Å². The van der Waals surface area contributed by atoms with Crippen molar-refractivity contribution in [1.82, 2.24) is 19.6 Å². The minimum Gasteiger partial charge on any atom is -0.450 e. The Labute approximate surface area is 199 Å². The lowest BCUT2D eigenvalue weighted by atomic mass is 10.1. The maximum atomic E-state index is 12.3. The highest BCUT2D eigenvalue weighted by molar-refractivity contribution is 5.90. The number of pyridine rings is 1. The lowest BCUT2D eigenvalue weighted by molar-refractivity contribution is -0.122. The maximum absolute atomic E-state index is 12.3. The van der Waals surface area contributed by atoms with E-state index in [0.717, 1.165) is 16.9 Å². The molecular formula is C23H25F3N6O3. The molecule has 2 N–H and O–H groups in total. The molecule has 0 spiro atoms. The minimum absolute atomic E-state index is 0.296. The largest absolute Gasteiger partial charge is 0.450 e. The number of benzene rings is 1. The number of carbonyl (C=O) groups excluding carboxylic acids is 2. The van der Waals surface area contributed by atoms with Gasteiger partial charge in [-0.05, 0) is 25.1 Å². The van der Waals surface area contributed by atoms with Crippen molar-refractivity contribution in [3.05, 3.63) is 48.8 Å². The first-order chi connectivity index (χ1) is 16.7. The van der Waals surface area contributed by atoms with E-state index in [2.05, 4.69) is 15.2 Å². The van der Waals surface area contributed by atoms with Gasteiger partial charge in [-0.1, -0.05) is 12.1 Å². The highest BCUT2D eigenvalue weighted by Gasteiger charge is 2.27. The summed E-state index contributed by atoms with van der Waals surface area (Å²) < 4.78 is 43.9. The first-order valence-corrected chi connectivity index (χ1v) is 11.1. The van der Waals surface area contributed by atoms with Crippen LogP contribution in [0, 0.1) is 0 Å². The number of urea groups is 1. The van der Waals surface area contributed by atoms with Crippen LogP contribution >= 0.6 is 0 Å². The molecule has 2 aromatic heterocycles. The quantitative estimate of drug-likeness (QED) is 0.565. The van der Waals surface area contributed by atoms with E-state index in [4.69, 9.17) is 4.74 Å². The summed E-state index contributed by atoms with van der Waals surface area (Å²) in [5, 5.41) is 4.19. The Morgan fingerprint density at radius 2 is 1.89 bits per heavy atom. The number of imidazole rings is 1.